The Balaban J connectivity index is 1.50. The molecule has 9 nitrogen and oxygen atoms in total. The van der Waals surface area contributed by atoms with Crippen molar-refractivity contribution >= 4 is 46.4 Å². The van der Waals surface area contributed by atoms with Crippen LogP contribution in [0.1, 0.15) is 13.3 Å². The second kappa shape index (κ2) is 6.80. The Morgan fingerprint density at radius 1 is 1.50 bits per heavy atom. The van der Waals surface area contributed by atoms with Crippen LogP contribution < -0.4 is 5.32 Å². The van der Waals surface area contributed by atoms with E-state index < -0.39 is 11.2 Å². The third-order valence-electron chi connectivity index (χ3n) is 4.30. The van der Waals surface area contributed by atoms with E-state index in [1.54, 1.807) is 24.9 Å². The quantitative estimate of drug-likeness (QED) is 0.505. The van der Waals surface area contributed by atoms with Gasteiger partial charge in [-0.05, 0) is 13.3 Å². The molecule has 2 aromatic heterocycles. The standard InChI is InChI=1S/C15H16N6O3S2/c1-7(26-14-8-4-18-20-12(8)16-6-17-14)13(22)19-9-5-25-10-2-3-21(10)11(9)15(23)24/h4,6-7,10H,2-3,5H2,1H3,(H,19,22)(H,23,24)(H,16,17,18,20)/t7-,10?/m0/s1. The van der Waals surface area contributed by atoms with Gasteiger partial charge in [-0.25, -0.2) is 14.8 Å². The van der Waals surface area contributed by atoms with E-state index in [0.717, 1.165) is 11.8 Å². The zero-order valence-corrected chi connectivity index (χ0v) is 15.4. The average Bonchev–Trinajstić information content (AvgIpc) is 3.06. The van der Waals surface area contributed by atoms with Crippen molar-refractivity contribution in [2.75, 3.05) is 12.3 Å². The fraction of sp³-hybridized carbons (Fsp3) is 0.400. The predicted octanol–water partition coefficient (Wildman–Crippen LogP) is 1.02. The molecule has 2 aliphatic rings. The topological polar surface area (TPSA) is 124 Å². The van der Waals surface area contributed by atoms with Crippen molar-refractivity contribution in [1.29, 1.82) is 0 Å². The van der Waals surface area contributed by atoms with Crippen LogP contribution in [0.4, 0.5) is 0 Å². The van der Waals surface area contributed by atoms with E-state index in [0.29, 0.717) is 28.7 Å². The molecular formula is C15H16N6O3S2. The zero-order valence-electron chi connectivity index (χ0n) is 13.8. The summed E-state index contributed by atoms with van der Waals surface area (Å²) >= 11 is 2.94. The molecule has 1 amide bonds. The molecule has 2 aromatic rings. The first-order valence-corrected chi connectivity index (χ1v) is 9.93. The fourth-order valence-corrected chi connectivity index (χ4v) is 4.99. The van der Waals surface area contributed by atoms with Crippen LogP contribution in [0.2, 0.25) is 0 Å². The Hall–Kier alpha value is -2.27. The van der Waals surface area contributed by atoms with Crippen molar-refractivity contribution in [2.45, 2.75) is 29.0 Å². The van der Waals surface area contributed by atoms with Gasteiger partial charge in [-0.2, -0.15) is 5.10 Å². The van der Waals surface area contributed by atoms with Gasteiger partial charge in [0, 0.05) is 12.3 Å². The summed E-state index contributed by atoms with van der Waals surface area (Å²) in [5, 5.41) is 20.2. The van der Waals surface area contributed by atoms with Crippen molar-refractivity contribution in [3.05, 3.63) is 23.9 Å². The summed E-state index contributed by atoms with van der Waals surface area (Å²) < 4.78 is 0. The lowest BCUT2D eigenvalue weighted by atomic mass is 10.1. The number of rotatable bonds is 5. The summed E-state index contributed by atoms with van der Waals surface area (Å²) in [6.45, 7) is 2.47. The van der Waals surface area contributed by atoms with Gasteiger partial charge in [0.15, 0.2) is 5.65 Å². The molecule has 0 saturated carbocycles. The highest BCUT2D eigenvalue weighted by atomic mass is 32.2. The van der Waals surface area contributed by atoms with Crippen molar-refractivity contribution < 1.29 is 14.7 Å². The molecule has 1 unspecified atom stereocenters. The highest BCUT2D eigenvalue weighted by Crippen LogP contribution is 2.38. The Morgan fingerprint density at radius 3 is 3.08 bits per heavy atom. The van der Waals surface area contributed by atoms with E-state index in [9.17, 15) is 14.7 Å². The normalized spacial score (nSPS) is 20.5. The number of hydrogen-bond acceptors (Lipinski definition) is 8. The fourth-order valence-electron chi connectivity index (χ4n) is 2.87. The van der Waals surface area contributed by atoms with Gasteiger partial charge in [0.2, 0.25) is 5.91 Å². The third-order valence-corrected chi connectivity index (χ3v) is 6.75. The Bertz CT molecular complexity index is 914. The molecule has 2 atom stereocenters. The van der Waals surface area contributed by atoms with Crippen LogP contribution in [0.25, 0.3) is 11.0 Å². The molecular weight excluding hydrogens is 376 g/mol. The van der Waals surface area contributed by atoms with Gasteiger partial charge in [-0.1, -0.05) is 11.8 Å². The second-order valence-electron chi connectivity index (χ2n) is 5.94. The van der Waals surface area contributed by atoms with E-state index in [-0.39, 0.29) is 17.0 Å². The number of aliphatic carboxylic acids is 1. The molecule has 0 aliphatic carbocycles. The van der Waals surface area contributed by atoms with E-state index >= 15 is 0 Å². The number of thioether (sulfide) groups is 2. The minimum atomic E-state index is -0.999. The number of amides is 1. The van der Waals surface area contributed by atoms with Gasteiger partial charge >= 0.3 is 5.97 Å². The third kappa shape index (κ3) is 3.01. The van der Waals surface area contributed by atoms with Crippen LogP contribution in [-0.2, 0) is 9.59 Å². The van der Waals surface area contributed by atoms with Crippen molar-refractivity contribution in [3.63, 3.8) is 0 Å². The lowest BCUT2D eigenvalue weighted by Crippen LogP contribution is -2.51. The van der Waals surface area contributed by atoms with Crippen molar-refractivity contribution in [2.24, 2.45) is 0 Å². The maximum atomic E-state index is 12.6. The summed E-state index contributed by atoms with van der Waals surface area (Å²) in [4.78, 5) is 34.4. The van der Waals surface area contributed by atoms with Crippen LogP contribution >= 0.6 is 23.5 Å². The van der Waals surface area contributed by atoms with E-state index in [4.69, 9.17) is 0 Å². The largest absolute Gasteiger partial charge is 0.477 e. The number of aromatic amines is 1. The number of fused-ring (bicyclic) bond motifs is 2. The minimum absolute atomic E-state index is 0.212. The summed E-state index contributed by atoms with van der Waals surface area (Å²) in [5.41, 5.74) is 1.29. The number of carboxylic acids is 1. The first-order valence-electron chi connectivity index (χ1n) is 8.01. The molecule has 0 bridgehead atoms. The van der Waals surface area contributed by atoms with Crippen LogP contribution in [0.3, 0.4) is 0 Å². The average molecular weight is 392 g/mol. The monoisotopic (exact) mass is 392 g/mol. The highest BCUT2D eigenvalue weighted by Gasteiger charge is 2.39. The predicted molar refractivity (Wildman–Crippen MR) is 97.4 cm³/mol. The summed E-state index contributed by atoms with van der Waals surface area (Å²) in [5.74, 6) is -0.758. The first kappa shape index (κ1) is 17.2. The molecule has 1 saturated heterocycles. The van der Waals surface area contributed by atoms with Gasteiger partial charge in [-0.15, -0.1) is 11.8 Å². The van der Waals surface area contributed by atoms with Gasteiger partial charge in [0.05, 0.1) is 27.9 Å². The maximum Gasteiger partial charge on any atom is 0.354 e. The number of hydrogen-bond donors (Lipinski definition) is 3. The molecule has 4 heterocycles. The molecule has 11 heteroatoms. The molecule has 0 radical (unpaired) electrons. The number of carbonyl (C=O) groups is 2. The number of aromatic nitrogens is 4. The summed E-state index contributed by atoms with van der Waals surface area (Å²) in [7, 11) is 0. The van der Waals surface area contributed by atoms with E-state index in [1.807, 2.05) is 4.90 Å². The number of carbonyl (C=O) groups excluding carboxylic acids is 1. The molecule has 2 aliphatic heterocycles. The molecule has 0 aromatic carbocycles. The minimum Gasteiger partial charge on any atom is -0.477 e. The summed E-state index contributed by atoms with van der Waals surface area (Å²) in [6, 6.07) is 0. The van der Waals surface area contributed by atoms with Gasteiger partial charge < -0.3 is 15.3 Å². The Morgan fingerprint density at radius 2 is 2.35 bits per heavy atom. The number of nitrogens with zero attached hydrogens (tertiary/aromatic N) is 4. The highest BCUT2D eigenvalue weighted by molar-refractivity contribution is 8.00. The van der Waals surface area contributed by atoms with Crippen LogP contribution in [-0.4, -0.2) is 65.0 Å². The maximum absolute atomic E-state index is 12.6. The van der Waals surface area contributed by atoms with Gasteiger partial charge in [-0.3, -0.25) is 9.89 Å². The first-order chi connectivity index (χ1) is 12.5. The number of carboxylic acid groups (broad SMARTS) is 1. The van der Waals surface area contributed by atoms with Crippen LogP contribution in [0, 0.1) is 0 Å². The lowest BCUT2D eigenvalue weighted by molar-refractivity contribution is -0.135. The van der Waals surface area contributed by atoms with E-state index in [2.05, 4.69) is 25.5 Å². The molecule has 4 rings (SSSR count). The summed E-state index contributed by atoms with van der Waals surface area (Å²) in [6.07, 6.45) is 4.01. The van der Waals surface area contributed by atoms with Crippen LogP contribution in [0.5, 0.6) is 0 Å². The van der Waals surface area contributed by atoms with Crippen molar-refractivity contribution in [3.8, 4) is 0 Å². The molecule has 3 N–H and O–H groups in total. The zero-order chi connectivity index (χ0) is 18.3. The van der Waals surface area contributed by atoms with Gasteiger partial charge in [0.25, 0.3) is 0 Å². The lowest BCUT2D eigenvalue weighted by Gasteiger charge is -2.46. The Kier molecular flexibility index (Phi) is 4.49. The molecule has 1 fully saturated rings. The van der Waals surface area contributed by atoms with Crippen LogP contribution in [0.15, 0.2) is 28.9 Å². The molecule has 0 spiro atoms. The Labute approximate surface area is 157 Å². The van der Waals surface area contributed by atoms with Gasteiger partial charge in [0.1, 0.15) is 17.1 Å². The second-order valence-corrected chi connectivity index (χ2v) is 8.44. The van der Waals surface area contributed by atoms with E-state index in [1.165, 1.54) is 18.1 Å². The number of nitrogens with one attached hydrogen (secondary N) is 2. The van der Waals surface area contributed by atoms with Crippen molar-refractivity contribution in [1.82, 2.24) is 30.4 Å². The molecule has 136 valence electrons. The molecule has 26 heavy (non-hydrogen) atoms. The SMILES string of the molecule is C[C@H](Sc1ncnc2[nH]ncc12)C(=O)NC1=C(C(=O)O)N2CCC2SC1. The smallest absolute Gasteiger partial charge is 0.354 e. The number of H-pyrrole nitrogens is 1.